The van der Waals surface area contributed by atoms with Gasteiger partial charge in [-0.15, -0.1) is 0 Å². The number of ether oxygens (including phenoxy) is 3. The topological polar surface area (TPSA) is 74.2 Å². The highest BCUT2D eigenvalue weighted by Gasteiger charge is 2.24. The smallest absolute Gasteiger partial charge is 0.363 e. The molecule has 0 aliphatic carbocycles. The lowest BCUT2D eigenvalue weighted by molar-refractivity contribution is -0.134. The number of carbonyl (C=O) groups excluding carboxylic acids is 2. The predicted molar refractivity (Wildman–Crippen MR) is 108 cm³/mol. The number of esters is 2. The maximum atomic E-state index is 12.2. The Morgan fingerprint density at radius 1 is 1.14 bits per heavy atom. The van der Waals surface area contributed by atoms with Gasteiger partial charge in [-0.3, -0.25) is 4.79 Å². The standard InChI is InChI=1S/C21H18BrNO5/c1-3-19(24)27-17-10-5-13(12-18(17)26-4-2)11-16-21(25)28-20(23-16)14-6-8-15(22)9-7-14/h5-12H,3-4H2,1-2H3. The Kier molecular flexibility index (Phi) is 6.26. The van der Waals surface area contributed by atoms with Crippen molar-refractivity contribution in [2.45, 2.75) is 20.3 Å². The van der Waals surface area contributed by atoms with Crippen molar-refractivity contribution < 1.29 is 23.8 Å². The maximum absolute atomic E-state index is 12.2. The number of rotatable bonds is 6. The fourth-order valence-electron chi connectivity index (χ4n) is 2.44. The van der Waals surface area contributed by atoms with E-state index in [1.165, 1.54) is 0 Å². The first-order chi connectivity index (χ1) is 13.5. The summed E-state index contributed by atoms with van der Waals surface area (Å²) < 4.78 is 17.0. The van der Waals surface area contributed by atoms with Crippen molar-refractivity contribution in [3.8, 4) is 11.5 Å². The van der Waals surface area contributed by atoms with Crippen molar-refractivity contribution in [1.82, 2.24) is 0 Å². The van der Waals surface area contributed by atoms with Crippen molar-refractivity contribution in [2.75, 3.05) is 6.61 Å². The quantitative estimate of drug-likeness (QED) is 0.373. The molecule has 0 atom stereocenters. The van der Waals surface area contributed by atoms with E-state index >= 15 is 0 Å². The molecule has 0 unspecified atom stereocenters. The average molecular weight is 444 g/mol. The van der Waals surface area contributed by atoms with Crippen LogP contribution in [0, 0.1) is 0 Å². The molecule has 6 nitrogen and oxygen atoms in total. The Balaban J connectivity index is 1.89. The second kappa shape index (κ2) is 8.84. The molecule has 1 aliphatic rings. The SMILES string of the molecule is CCOc1cc(C=C2N=C(c3ccc(Br)cc3)OC2=O)ccc1OC(=O)CC. The van der Waals surface area contributed by atoms with Crippen LogP contribution < -0.4 is 9.47 Å². The highest BCUT2D eigenvalue weighted by atomic mass is 79.9. The summed E-state index contributed by atoms with van der Waals surface area (Å²) in [6.07, 6.45) is 1.86. The molecule has 0 aromatic heterocycles. The summed E-state index contributed by atoms with van der Waals surface area (Å²) in [5.41, 5.74) is 1.56. The Bertz CT molecular complexity index is 963. The van der Waals surface area contributed by atoms with Gasteiger partial charge in [0.25, 0.3) is 0 Å². The molecule has 0 spiro atoms. The van der Waals surface area contributed by atoms with Gasteiger partial charge in [0, 0.05) is 16.5 Å². The Labute approximate surface area is 171 Å². The van der Waals surface area contributed by atoms with E-state index in [0.717, 1.165) is 4.47 Å². The Hall–Kier alpha value is -2.93. The van der Waals surface area contributed by atoms with Crippen LogP contribution in [0.15, 0.2) is 57.6 Å². The lowest BCUT2D eigenvalue weighted by Crippen LogP contribution is -2.07. The summed E-state index contributed by atoms with van der Waals surface area (Å²) in [4.78, 5) is 28.0. The van der Waals surface area contributed by atoms with Crippen LogP contribution in [0.1, 0.15) is 31.4 Å². The molecule has 7 heteroatoms. The number of benzene rings is 2. The first-order valence-electron chi connectivity index (χ1n) is 8.76. The maximum Gasteiger partial charge on any atom is 0.363 e. The third kappa shape index (κ3) is 4.67. The first kappa shape index (κ1) is 19.8. The molecule has 1 heterocycles. The third-order valence-electron chi connectivity index (χ3n) is 3.80. The molecule has 2 aromatic rings. The monoisotopic (exact) mass is 443 g/mol. The number of nitrogens with zero attached hydrogens (tertiary/aromatic N) is 1. The van der Waals surface area contributed by atoms with Gasteiger partial charge in [-0.1, -0.05) is 28.9 Å². The van der Waals surface area contributed by atoms with Gasteiger partial charge in [-0.25, -0.2) is 9.79 Å². The molecule has 0 amide bonds. The van der Waals surface area contributed by atoms with E-state index in [4.69, 9.17) is 14.2 Å². The van der Waals surface area contributed by atoms with Crippen LogP contribution in [0.25, 0.3) is 6.08 Å². The van der Waals surface area contributed by atoms with Crippen molar-refractivity contribution >= 4 is 39.8 Å². The lowest BCUT2D eigenvalue weighted by atomic mass is 10.1. The van der Waals surface area contributed by atoms with Gasteiger partial charge in [0.15, 0.2) is 17.2 Å². The molecule has 0 radical (unpaired) electrons. The fraction of sp³-hybridized carbons (Fsp3) is 0.190. The average Bonchev–Trinajstić information content (AvgIpc) is 3.05. The van der Waals surface area contributed by atoms with Gasteiger partial charge in [0.2, 0.25) is 5.90 Å². The van der Waals surface area contributed by atoms with Crippen LogP contribution in [-0.2, 0) is 14.3 Å². The number of hydrogen-bond donors (Lipinski definition) is 0. The minimum Gasteiger partial charge on any atom is -0.490 e. The first-order valence-corrected chi connectivity index (χ1v) is 9.55. The lowest BCUT2D eigenvalue weighted by Gasteiger charge is -2.10. The molecule has 1 aliphatic heterocycles. The van der Waals surface area contributed by atoms with E-state index in [2.05, 4.69) is 20.9 Å². The molecule has 2 aromatic carbocycles. The zero-order valence-corrected chi connectivity index (χ0v) is 17.0. The van der Waals surface area contributed by atoms with Gasteiger partial charge in [0.1, 0.15) is 0 Å². The molecule has 0 fully saturated rings. The summed E-state index contributed by atoms with van der Waals surface area (Å²) in [5, 5.41) is 0. The van der Waals surface area contributed by atoms with Crippen LogP contribution in [0.3, 0.4) is 0 Å². The summed E-state index contributed by atoms with van der Waals surface area (Å²) in [6, 6.07) is 12.3. The van der Waals surface area contributed by atoms with Crippen molar-refractivity contribution in [3.63, 3.8) is 0 Å². The fourth-order valence-corrected chi connectivity index (χ4v) is 2.71. The molecule has 0 saturated carbocycles. The zero-order valence-electron chi connectivity index (χ0n) is 15.4. The molecule has 0 N–H and O–H groups in total. The highest BCUT2D eigenvalue weighted by molar-refractivity contribution is 9.10. The van der Waals surface area contributed by atoms with Crippen LogP contribution in [0.4, 0.5) is 0 Å². The minimum absolute atomic E-state index is 0.179. The highest BCUT2D eigenvalue weighted by Crippen LogP contribution is 2.30. The summed E-state index contributed by atoms with van der Waals surface area (Å²) in [6.45, 7) is 3.96. The van der Waals surface area contributed by atoms with Crippen LogP contribution in [0.5, 0.6) is 11.5 Å². The number of cyclic esters (lactones) is 1. The van der Waals surface area contributed by atoms with Crippen LogP contribution in [0.2, 0.25) is 0 Å². The Morgan fingerprint density at radius 3 is 2.57 bits per heavy atom. The molecule has 144 valence electrons. The summed E-state index contributed by atoms with van der Waals surface area (Å²) in [5.74, 6) is 0.126. The van der Waals surface area contributed by atoms with E-state index in [-0.39, 0.29) is 24.0 Å². The largest absolute Gasteiger partial charge is 0.490 e. The molecule has 28 heavy (non-hydrogen) atoms. The van der Waals surface area contributed by atoms with Crippen LogP contribution in [-0.4, -0.2) is 24.4 Å². The molecule has 0 bridgehead atoms. The van der Waals surface area contributed by atoms with Crippen molar-refractivity contribution in [1.29, 1.82) is 0 Å². The Morgan fingerprint density at radius 2 is 1.89 bits per heavy atom. The van der Waals surface area contributed by atoms with E-state index in [9.17, 15) is 9.59 Å². The number of carbonyl (C=O) groups is 2. The van der Waals surface area contributed by atoms with Gasteiger partial charge in [0.05, 0.1) is 6.61 Å². The number of hydrogen-bond acceptors (Lipinski definition) is 6. The zero-order chi connectivity index (χ0) is 20.1. The minimum atomic E-state index is -0.530. The van der Waals surface area contributed by atoms with Gasteiger partial charge in [-0.05, 0) is 55.0 Å². The normalized spacial score (nSPS) is 14.6. The van der Waals surface area contributed by atoms with E-state index in [0.29, 0.717) is 29.2 Å². The third-order valence-corrected chi connectivity index (χ3v) is 4.32. The van der Waals surface area contributed by atoms with Gasteiger partial charge in [-0.2, -0.15) is 0 Å². The second-order valence-electron chi connectivity index (χ2n) is 5.81. The predicted octanol–water partition coefficient (Wildman–Crippen LogP) is 4.51. The van der Waals surface area contributed by atoms with Gasteiger partial charge < -0.3 is 14.2 Å². The van der Waals surface area contributed by atoms with E-state index in [1.54, 1.807) is 31.2 Å². The molecular weight excluding hydrogens is 426 g/mol. The van der Waals surface area contributed by atoms with E-state index < -0.39 is 5.97 Å². The van der Waals surface area contributed by atoms with Crippen molar-refractivity contribution in [3.05, 3.63) is 63.8 Å². The number of aliphatic imine (C=N–C) groups is 1. The van der Waals surface area contributed by atoms with Gasteiger partial charge >= 0.3 is 11.9 Å². The molecular formula is C21H18BrNO5. The summed E-state index contributed by atoms with van der Waals surface area (Å²) in [7, 11) is 0. The molecule has 0 saturated heterocycles. The number of halogens is 1. The summed E-state index contributed by atoms with van der Waals surface area (Å²) >= 11 is 3.36. The van der Waals surface area contributed by atoms with Crippen LogP contribution >= 0.6 is 15.9 Å². The van der Waals surface area contributed by atoms with E-state index in [1.807, 2.05) is 31.2 Å². The molecule has 3 rings (SSSR count). The second-order valence-corrected chi connectivity index (χ2v) is 6.73. The van der Waals surface area contributed by atoms with Crippen molar-refractivity contribution in [2.24, 2.45) is 4.99 Å².